The van der Waals surface area contributed by atoms with Gasteiger partial charge in [-0.25, -0.2) is 14.4 Å². The monoisotopic (exact) mass is 400 g/mol. The van der Waals surface area contributed by atoms with E-state index in [1.165, 1.54) is 12.1 Å². The Bertz CT molecular complexity index is 1070. The topological polar surface area (TPSA) is 71.2 Å². The minimum absolute atomic E-state index is 0.150. The lowest BCUT2D eigenvalue weighted by atomic mass is 10.1. The largest absolute Gasteiger partial charge is 0.392 e. The highest BCUT2D eigenvalue weighted by Crippen LogP contribution is 2.27. The summed E-state index contributed by atoms with van der Waals surface area (Å²) in [7, 11) is 0. The summed E-state index contributed by atoms with van der Waals surface area (Å²) in [6.07, 6.45) is 3.54. The Morgan fingerprint density at radius 3 is 2.86 bits per heavy atom. The molecule has 1 N–H and O–H groups in total. The zero-order valence-corrected chi connectivity index (χ0v) is 15.9. The van der Waals surface area contributed by atoms with Crippen molar-refractivity contribution >= 4 is 17.5 Å². The van der Waals surface area contributed by atoms with E-state index in [0.29, 0.717) is 35.6 Å². The number of halogens is 2. The summed E-state index contributed by atoms with van der Waals surface area (Å²) in [5.74, 6) is -0.540. The number of amides is 1. The standard InChI is InChI=1S/C20H18ClFN4O2/c1-12-8-23-20(21)24-18(12)15-7-17-19(28)26(5-4-25(17)10-15)9-14-6-16(22)3-2-13(14)11-27/h2-3,6-8,10,27H,4-5,9,11H2,1H3. The van der Waals surface area contributed by atoms with Gasteiger partial charge in [0.2, 0.25) is 5.28 Å². The lowest BCUT2D eigenvalue weighted by Gasteiger charge is -2.29. The maximum absolute atomic E-state index is 13.6. The van der Waals surface area contributed by atoms with E-state index in [1.54, 1.807) is 23.2 Å². The van der Waals surface area contributed by atoms with Gasteiger partial charge in [0.15, 0.2) is 0 Å². The first-order valence-corrected chi connectivity index (χ1v) is 9.21. The van der Waals surface area contributed by atoms with Crippen LogP contribution in [-0.2, 0) is 19.7 Å². The molecule has 2 aromatic heterocycles. The van der Waals surface area contributed by atoms with Crippen molar-refractivity contribution in [2.75, 3.05) is 6.54 Å². The molecule has 0 unspecified atom stereocenters. The van der Waals surface area contributed by atoms with Crippen LogP contribution in [0.4, 0.5) is 4.39 Å². The van der Waals surface area contributed by atoms with Gasteiger partial charge in [0.05, 0.1) is 12.3 Å². The van der Waals surface area contributed by atoms with Crippen molar-refractivity contribution in [1.82, 2.24) is 19.4 Å². The van der Waals surface area contributed by atoms with E-state index in [2.05, 4.69) is 9.97 Å². The fraction of sp³-hybridized carbons (Fsp3) is 0.250. The Kier molecular flexibility index (Phi) is 4.87. The molecule has 0 bridgehead atoms. The van der Waals surface area contributed by atoms with E-state index in [4.69, 9.17) is 11.6 Å². The van der Waals surface area contributed by atoms with Gasteiger partial charge in [0, 0.05) is 37.6 Å². The molecule has 0 aliphatic carbocycles. The van der Waals surface area contributed by atoms with Gasteiger partial charge in [-0.1, -0.05) is 6.07 Å². The van der Waals surface area contributed by atoms with Gasteiger partial charge in [-0.3, -0.25) is 4.79 Å². The molecule has 0 saturated heterocycles. The van der Waals surface area contributed by atoms with Crippen LogP contribution >= 0.6 is 11.6 Å². The number of aromatic nitrogens is 3. The lowest BCUT2D eigenvalue weighted by molar-refractivity contribution is 0.0689. The van der Waals surface area contributed by atoms with Crippen molar-refractivity contribution in [2.24, 2.45) is 0 Å². The second-order valence-electron chi connectivity index (χ2n) is 6.78. The SMILES string of the molecule is Cc1cnc(Cl)nc1-c1cc2n(c1)CCN(Cc1cc(F)ccc1CO)C2=O. The number of rotatable bonds is 4. The van der Waals surface area contributed by atoms with Gasteiger partial charge in [0.1, 0.15) is 11.5 Å². The predicted octanol–water partition coefficient (Wildman–Crippen LogP) is 3.19. The first-order valence-electron chi connectivity index (χ1n) is 8.83. The number of benzene rings is 1. The summed E-state index contributed by atoms with van der Waals surface area (Å²) in [5.41, 5.74) is 4.11. The Hall–Kier alpha value is -2.77. The van der Waals surface area contributed by atoms with E-state index in [9.17, 15) is 14.3 Å². The molecule has 3 aromatic rings. The van der Waals surface area contributed by atoms with Gasteiger partial charge in [-0.05, 0) is 53.4 Å². The molecule has 0 saturated carbocycles. The number of carbonyl (C=O) groups is 1. The average molecular weight is 401 g/mol. The van der Waals surface area contributed by atoms with Gasteiger partial charge >= 0.3 is 0 Å². The van der Waals surface area contributed by atoms with Crippen LogP contribution in [0.15, 0.2) is 36.7 Å². The zero-order chi connectivity index (χ0) is 19.8. The highest BCUT2D eigenvalue weighted by molar-refractivity contribution is 6.28. The summed E-state index contributed by atoms with van der Waals surface area (Å²) < 4.78 is 15.5. The highest BCUT2D eigenvalue weighted by atomic mass is 35.5. The molecule has 0 fully saturated rings. The van der Waals surface area contributed by atoms with Gasteiger partial charge < -0.3 is 14.6 Å². The van der Waals surface area contributed by atoms with E-state index in [0.717, 1.165) is 11.1 Å². The summed E-state index contributed by atoms with van der Waals surface area (Å²) in [5, 5.41) is 9.64. The molecule has 1 aromatic carbocycles. The number of hydrogen-bond donors (Lipinski definition) is 1. The molecule has 0 spiro atoms. The van der Waals surface area contributed by atoms with Crippen molar-refractivity contribution < 1.29 is 14.3 Å². The quantitative estimate of drug-likeness (QED) is 0.683. The van der Waals surface area contributed by atoms with E-state index >= 15 is 0 Å². The molecule has 3 heterocycles. The fourth-order valence-corrected chi connectivity index (χ4v) is 3.59. The zero-order valence-electron chi connectivity index (χ0n) is 15.2. The summed E-state index contributed by atoms with van der Waals surface area (Å²) >= 11 is 5.92. The van der Waals surface area contributed by atoms with Crippen molar-refractivity contribution in [3.05, 3.63) is 70.1 Å². The van der Waals surface area contributed by atoms with Crippen molar-refractivity contribution in [2.45, 2.75) is 26.6 Å². The minimum atomic E-state index is -0.390. The first kappa shape index (κ1) is 18.6. The van der Waals surface area contributed by atoms with Crippen LogP contribution in [0.5, 0.6) is 0 Å². The van der Waals surface area contributed by atoms with Crippen molar-refractivity contribution in [1.29, 1.82) is 0 Å². The van der Waals surface area contributed by atoms with Crippen LogP contribution in [-0.4, -0.2) is 37.0 Å². The van der Waals surface area contributed by atoms with Crippen LogP contribution in [0.1, 0.15) is 27.2 Å². The van der Waals surface area contributed by atoms with Gasteiger partial charge in [0.25, 0.3) is 5.91 Å². The number of carbonyl (C=O) groups excluding carboxylic acids is 1. The minimum Gasteiger partial charge on any atom is -0.392 e. The average Bonchev–Trinajstić information content (AvgIpc) is 3.11. The molecule has 1 aliphatic heterocycles. The second-order valence-corrected chi connectivity index (χ2v) is 7.11. The van der Waals surface area contributed by atoms with Gasteiger partial charge in [-0.15, -0.1) is 0 Å². The molecule has 6 nitrogen and oxygen atoms in total. The molecular formula is C20H18ClFN4O2. The van der Waals surface area contributed by atoms with Crippen LogP contribution in [0.25, 0.3) is 11.3 Å². The van der Waals surface area contributed by atoms with Crippen molar-refractivity contribution in [3.63, 3.8) is 0 Å². The summed E-state index contributed by atoms with van der Waals surface area (Å²) in [4.78, 5) is 22.9. The summed E-state index contributed by atoms with van der Waals surface area (Å²) in [6, 6.07) is 6.00. The Morgan fingerprint density at radius 1 is 1.25 bits per heavy atom. The van der Waals surface area contributed by atoms with E-state index in [1.807, 2.05) is 17.7 Å². The third-order valence-corrected chi connectivity index (χ3v) is 5.11. The van der Waals surface area contributed by atoms with E-state index in [-0.39, 0.29) is 24.3 Å². The lowest BCUT2D eigenvalue weighted by Crippen LogP contribution is -2.39. The molecule has 0 radical (unpaired) electrons. The highest BCUT2D eigenvalue weighted by Gasteiger charge is 2.27. The van der Waals surface area contributed by atoms with Crippen LogP contribution in [0.3, 0.4) is 0 Å². The summed E-state index contributed by atoms with van der Waals surface area (Å²) in [6.45, 7) is 3.03. The number of nitrogens with zero attached hydrogens (tertiary/aromatic N) is 4. The molecule has 144 valence electrons. The second kappa shape index (κ2) is 7.33. The smallest absolute Gasteiger partial charge is 0.270 e. The predicted molar refractivity (Wildman–Crippen MR) is 102 cm³/mol. The Morgan fingerprint density at radius 2 is 2.07 bits per heavy atom. The third kappa shape index (κ3) is 3.39. The maximum Gasteiger partial charge on any atom is 0.270 e. The van der Waals surface area contributed by atoms with Crippen LogP contribution < -0.4 is 0 Å². The normalized spacial score (nSPS) is 13.7. The number of aryl methyl sites for hydroxylation is 1. The number of aliphatic hydroxyl groups excluding tert-OH is 1. The van der Waals surface area contributed by atoms with Crippen LogP contribution in [0.2, 0.25) is 5.28 Å². The molecule has 1 aliphatic rings. The molecule has 4 rings (SSSR count). The Labute approximate surface area is 166 Å². The van der Waals surface area contributed by atoms with E-state index < -0.39 is 5.82 Å². The number of aliphatic hydroxyl groups is 1. The maximum atomic E-state index is 13.6. The first-order chi connectivity index (χ1) is 13.5. The third-order valence-electron chi connectivity index (χ3n) is 4.93. The van der Waals surface area contributed by atoms with Gasteiger partial charge in [-0.2, -0.15) is 0 Å². The number of hydrogen-bond acceptors (Lipinski definition) is 4. The van der Waals surface area contributed by atoms with Crippen molar-refractivity contribution in [3.8, 4) is 11.3 Å². The molecule has 28 heavy (non-hydrogen) atoms. The molecular weight excluding hydrogens is 383 g/mol. The Balaban J connectivity index is 1.63. The molecule has 0 atom stereocenters. The number of fused-ring (bicyclic) bond motifs is 1. The molecule has 8 heteroatoms. The molecule has 1 amide bonds. The van der Waals surface area contributed by atoms with Crippen LogP contribution in [0, 0.1) is 12.7 Å². The fourth-order valence-electron chi connectivity index (χ4n) is 3.46.